The standard InChI is InChI=1S/C25H25ClN2O5/c1-32-19-6-7-20-21(29)14-25(33-22(20)13-19)8-10-27(11-9-25)24(31)16-12-23(30)28(15-16)18-4-2-17(26)3-5-18/h2-7,13,16H,8-12,14-15H2,1H3. The average Bonchev–Trinajstić information content (AvgIpc) is 3.20. The summed E-state index contributed by atoms with van der Waals surface area (Å²) in [6, 6.07) is 12.3. The normalized spacial score (nSPS) is 21.7. The summed E-state index contributed by atoms with van der Waals surface area (Å²) in [5.41, 5.74) is 0.723. The summed E-state index contributed by atoms with van der Waals surface area (Å²) in [5.74, 6) is 0.794. The van der Waals surface area contributed by atoms with E-state index in [1.54, 1.807) is 54.5 Å². The Morgan fingerprint density at radius 3 is 2.55 bits per heavy atom. The van der Waals surface area contributed by atoms with Gasteiger partial charge in [0.2, 0.25) is 11.8 Å². The number of halogens is 1. The molecule has 0 saturated carbocycles. The number of methoxy groups -OCH3 is 1. The summed E-state index contributed by atoms with van der Waals surface area (Å²) in [6.45, 7) is 1.36. The third-order valence-corrected chi connectivity index (χ3v) is 7.15. The molecule has 8 heteroatoms. The molecule has 5 rings (SSSR count). The first-order chi connectivity index (χ1) is 15.9. The lowest BCUT2D eigenvalue weighted by Crippen LogP contribution is -2.53. The van der Waals surface area contributed by atoms with Gasteiger partial charge in [0.25, 0.3) is 0 Å². The van der Waals surface area contributed by atoms with Crippen LogP contribution in [0.15, 0.2) is 42.5 Å². The van der Waals surface area contributed by atoms with Crippen molar-refractivity contribution in [3.63, 3.8) is 0 Å². The molecule has 1 spiro atoms. The van der Waals surface area contributed by atoms with E-state index in [4.69, 9.17) is 21.1 Å². The third kappa shape index (κ3) is 4.06. The Kier molecular flexibility index (Phi) is 5.52. The lowest BCUT2D eigenvalue weighted by Gasteiger charge is -2.44. The van der Waals surface area contributed by atoms with Crippen molar-refractivity contribution in [1.29, 1.82) is 0 Å². The van der Waals surface area contributed by atoms with Gasteiger partial charge in [0.1, 0.15) is 17.1 Å². The molecule has 0 aliphatic carbocycles. The van der Waals surface area contributed by atoms with E-state index in [1.807, 2.05) is 4.90 Å². The average molecular weight is 469 g/mol. The first-order valence-electron chi connectivity index (χ1n) is 11.1. The highest BCUT2D eigenvalue weighted by atomic mass is 35.5. The van der Waals surface area contributed by atoms with Crippen molar-refractivity contribution in [1.82, 2.24) is 4.90 Å². The van der Waals surface area contributed by atoms with Crippen molar-refractivity contribution in [2.45, 2.75) is 31.3 Å². The number of amides is 2. The molecular formula is C25H25ClN2O5. The molecule has 3 aliphatic rings. The van der Waals surface area contributed by atoms with Crippen molar-refractivity contribution >= 4 is 34.9 Å². The van der Waals surface area contributed by atoms with Gasteiger partial charge in [0.05, 0.1) is 25.0 Å². The fraction of sp³-hybridized carbons (Fsp3) is 0.400. The highest BCUT2D eigenvalue weighted by Gasteiger charge is 2.45. The van der Waals surface area contributed by atoms with E-state index in [9.17, 15) is 14.4 Å². The lowest BCUT2D eigenvalue weighted by molar-refractivity contribution is -0.139. The monoisotopic (exact) mass is 468 g/mol. The van der Waals surface area contributed by atoms with Gasteiger partial charge in [0.15, 0.2) is 5.78 Å². The summed E-state index contributed by atoms with van der Waals surface area (Å²) in [5, 5.41) is 0.602. The van der Waals surface area contributed by atoms with Gasteiger partial charge in [-0.1, -0.05) is 11.6 Å². The molecule has 3 aliphatic heterocycles. The largest absolute Gasteiger partial charge is 0.497 e. The molecule has 3 heterocycles. The van der Waals surface area contributed by atoms with Gasteiger partial charge in [-0.05, 0) is 36.4 Å². The van der Waals surface area contributed by atoms with Crippen LogP contribution in [0.2, 0.25) is 5.02 Å². The maximum atomic E-state index is 13.2. The Balaban J connectivity index is 1.24. The highest BCUT2D eigenvalue weighted by Crippen LogP contribution is 2.41. The van der Waals surface area contributed by atoms with E-state index in [0.717, 1.165) is 5.69 Å². The Morgan fingerprint density at radius 1 is 1.12 bits per heavy atom. The van der Waals surface area contributed by atoms with E-state index >= 15 is 0 Å². The summed E-state index contributed by atoms with van der Waals surface area (Å²) in [4.78, 5) is 42.0. The van der Waals surface area contributed by atoms with Crippen LogP contribution in [-0.2, 0) is 9.59 Å². The van der Waals surface area contributed by atoms with Crippen LogP contribution in [0.4, 0.5) is 5.69 Å². The van der Waals surface area contributed by atoms with E-state index < -0.39 is 5.60 Å². The molecule has 2 amide bonds. The maximum Gasteiger partial charge on any atom is 0.228 e. The van der Waals surface area contributed by atoms with Gasteiger partial charge >= 0.3 is 0 Å². The molecule has 1 unspecified atom stereocenters. The number of piperidine rings is 1. The molecule has 2 saturated heterocycles. The number of likely N-dealkylation sites (tertiary alicyclic amines) is 1. The van der Waals surface area contributed by atoms with E-state index in [0.29, 0.717) is 61.0 Å². The predicted octanol–water partition coefficient (Wildman–Crippen LogP) is 3.73. The molecule has 2 aromatic rings. The van der Waals surface area contributed by atoms with Crippen molar-refractivity contribution in [3.8, 4) is 11.5 Å². The zero-order valence-electron chi connectivity index (χ0n) is 18.4. The first-order valence-corrected chi connectivity index (χ1v) is 11.5. The van der Waals surface area contributed by atoms with Crippen molar-refractivity contribution in [3.05, 3.63) is 53.1 Å². The second kappa shape index (κ2) is 8.37. The zero-order chi connectivity index (χ0) is 23.2. The number of carbonyl (C=O) groups is 3. The fourth-order valence-electron chi connectivity index (χ4n) is 5.02. The van der Waals surface area contributed by atoms with Gasteiger partial charge in [-0.2, -0.15) is 0 Å². The molecule has 0 N–H and O–H groups in total. The van der Waals surface area contributed by atoms with Crippen LogP contribution in [0.25, 0.3) is 0 Å². The minimum Gasteiger partial charge on any atom is -0.497 e. The Labute approximate surface area is 197 Å². The van der Waals surface area contributed by atoms with Gasteiger partial charge in [0, 0.05) is 55.7 Å². The quantitative estimate of drug-likeness (QED) is 0.686. The number of fused-ring (bicyclic) bond motifs is 1. The number of ketones is 1. The van der Waals surface area contributed by atoms with Crippen LogP contribution in [0.5, 0.6) is 11.5 Å². The van der Waals surface area contributed by atoms with Crippen LogP contribution < -0.4 is 14.4 Å². The van der Waals surface area contributed by atoms with E-state index in [1.165, 1.54) is 0 Å². The number of ether oxygens (including phenoxy) is 2. The van der Waals surface area contributed by atoms with Gasteiger partial charge in [-0.25, -0.2) is 0 Å². The smallest absolute Gasteiger partial charge is 0.228 e. The SMILES string of the molecule is COc1ccc2c(c1)OC1(CCN(C(=O)C3CC(=O)N(c4ccc(Cl)cc4)C3)CC1)CC2=O. The molecule has 1 atom stereocenters. The number of anilines is 1. The van der Waals surface area contributed by atoms with Crippen LogP contribution in [-0.4, -0.2) is 54.8 Å². The van der Waals surface area contributed by atoms with E-state index in [-0.39, 0.29) is 29.9 Å². The molecule has 0 aromatic heterocycles. The lowest BCUT2D eigenvalue weighted by atomic mass is 9.82. The second-order valence-electron chi connectivity index (χ2n) is 8.95. The zero-order valence-corrected chi connectivity index (χ0v) is 19.1. The second-order valence-corrected chi connectivity index (χ2v) is 9.39. The summed E-state index contributed by atoms with van der Waals surface area (Å²) in [6.07, 6.45) is 1.65. The van der Waals surface area contributed by atoms with Crippen LogP contribution >= 0.6 is 11.6 Å². The Hall–Kier alpha value is -3.06. The number of hydrogen-bond acceptors (Lipinski definition) is 5. The minimum absolute atomic E-state index is 0.0149. The van der Waals surface area contributed by atoms with Crippen LogP contribution in [0.3, 0.4) is 0 Å². The van der Waals surface area contributed by atoms with Crippen molar-refractivity contribution in [2.24, 2.45) is 5.92 Å². The van der Waals surface area contributed by atoms with Gasteiger partial charge in [-0.3, -0.25) is 14.4 Å². The summed E-state index contributed by atoms with van der Waals surface area (Å²) >= 11 is 5.95. The number of nitrogens with zero attached hydrogens (tertiary/aromatic N) is 2. The summed E-state index contributed by atoms with van der Waals surface area (Å²) in [7, 11) is 1.58. The first kappa shape index (κ1) is 21.8. The predicted molar refractivity (Wildman–Crippen MR) is 123 cm³/mol. The number of benzene rings is 2. The molecule has 33 heavy (non-hydrogen) atoms. The topological polar surface area (TPSA) is 76.2 Å². The molecular weight excluding hydrogens is 444 g/mol. The van der Waals surface area contributed by atoms with E-state index in [2.05, 4.69) is 0 Å². The van der Waals surface area contributed by atoms with Crippen LogP contribution in [0, 0.1) is 5.92 Å². The van der Waals surface area contributed by atoms with Crippen LogP contribution in [0.1, 0.15) is 36.0 Å². The molecule has 2 fully saturated rings. The molecule has 172 valence electrons. The number of Topliss-reactive ketones (excluding diaryl/α,β-unsaturated/α-hetero) is 1. The van der Waals surface area contributed by atoms with Gasteiger partial charge < -0.3 is 19.3 Å². The molecule has 7 nitrogen and oxygen atoms in total. The molecule has 0 bridgehead atoms. The number of hydrogen-bond donors (Lipinski definition) is 0. The minimum atomic E-state index is -0.603. The highest BCUT2D eigenvalue weighted by molar-refractivity contribution is 6.30. The maximum absolute atomic E-state index is 13.2. The number of carbonyl (C=O) groups excluding carboxylic acids is 3. The fourth-order valence-corrected chi connectivity index (χ4v) is 5.14. The van der Waals surface area contributed by atoms with Gasteiger partial charge in [-0.15, -0.1) is 0 Å². The third-order valence-electron chi connectivity index (χ3n) is 6.90. The Bertz CT molecular complexity index is 1110. The van der Waals surface area contributed by atoms with Crippen molar-refractivity contribution in [2.75, 3.05) is 31.6 Å². The summed E-state index contributed by atoms with van der Waals surface area (Å²) < 4.78 is 11.6. The Morgan fingerprint density at radius 2 is 1.85 bits per heavy atom. The van der Waals surface area contributed by atoms with Crippen molar-refractivity contribution < 1.29 is 23.9 Å². The number of rotatable bonds is 3. The molecule has 2 aromatic carbocycles. The molecule has 0 radical (unpaired) electrons.